The van der Waals surface area contributed by atoms with Gasteiger partial charge in [0.25, 0.3) is 0 Å². The number of rotatable bonds is 2. The number of nitrogen functional groups attached to an aromatic ring is 1. The van der Waals surface area contributed by atoms with Crippen LogP contribution in [0.5, 0.6) is 0 Å². The predicted octanol–water partition coefficient (Wildman–Crippen LogP) is 3.05. The highest BCUT2D eigenvalue weighted by Gasteiger charge is 2.24. The van der Waals surface area contributed by atoms with Crippen molar-refractivity contribution in [3.05, 3.63) is 58.6 Å². The van der Waals surface area contributed by atoms with Crippen LogP contribution in [0.2, 0.25) is 5.02 Å². The number of carbonyl (C=O) groups excluding carboxylic acids is 1. The van der Waals surface area contributed by atoms with Gasteiger partial charge in [-0.1, -0.05) is 23.7 Å². The molecule has 4 heteroatoms. The van der Waals surface area contributed by atoms with Crippen LogP contribution in [-0.2, 0) is 17.6 Å². The molecule has 2 aromatic rings. The van der Waals surface area contributed by atoms with Crippen molar-refractivity contribution in [3.8, 4) is 0 Å². The summed E-state index contributed by atoms with van der Waals surface area (Å²) in [6, 6.07) is 13.1. The largest absolute Gasteiger partial charge is 0.399 e. The Morgan fingerprint density at radius 2 is 2.10 bits per heavy atom. The molecule has 0 radical (unpaired) electrons. The summed E-state index contributed by atoms with van der Waals surface area (Å²) in [5, 5.41) is 0.657. The fourth-order valence-electron chi connectivity index (χ4n) is 2.60. The van der Waals surface area contributed by atoms with Crippen LogP contribution in [0.25, 0.3) is 0 Å². The second-order valence-corrected chi connectivity index (χ2v) is 5.43. The molecule has 0 aliphatic carbocycles. The molecule has 0 bridgehead atoms. The van der Waals surface area contributed by atoms with Crippen molar-refractivity contribution < 1.29 is 4.79 Å². The van der Waals surface area contributed by atoms with E-state index in [1.165, 1.54) is 0 Å². The number of carbonyl (C=O) groups is 1. The first-order valence-electron chi connectivity index (χ1n) is 6.57. The zero-order valence-electron chi connectivity index (χ0n) is 11.0. The Bertz CT molecular complexity index is 669. The molecule has 1 amide bonds. The van der Waals surface area contributed by atoms with Gasteiger partial charge in [0.2, 0.25) is 5.91 Å². The number of amides is 1. The highest BCUT2D eigenvalue weighted by molar-refractivity contribution is 6.30. The first-order chi connectivity index (χ1) is 9.63. The lowest BCUT2D eigenvalue weighted by molar-refractivity contribution is -0.117. The maximum absolute atomic E-state index is 12.4. The molecule has 102 valence electrons. The molecule has 2 N–H and O–H groups in total. The average molecular weight is 287 g/mol. The number of hydrogen-bond donors (Lipinski definition) is 1. The van der Waals surface area contributed by atoms with Crippen molar-refractivity contribution in [2.45, 2.75) is 12.8 Å². The Morgan fingerprint density at radius 3 is 2.90 bits per heavy atom. The number of nitrogens with zero attached hydrogens (tertiary/aromatic N) is 1. The van der Waals surface area contributed by atoms with Gasteiger partial charge in [0, 0.05) is 22.9 Å². The van der Waals surface area contributed by atoms with Crippen molar-refractivity contribution in [3.63, 3.8) is 0 Å². The first-order valence-corrected chi connectivity index (χ1v) is 6.94. The van der Waals surface area contributed by atoms with Crippen LogP contribution in [0, 0.1) is 0 Å². The Labute approximate surface area is 123 Å². The minimum absolute atomic E-state index is 0.0933. The predicted molar refractivity (Wildman–Crippen MR) is 82.1 cm³/mol. The summed E-state index contributed by atoms with van der Waals surface area (Å²) in [4.78, 5) is 14.3. The second kappa shape index (κ2) is 5.17. The van der Waals surface area contributed by atoms with Crippen LogP contribution >= 0.6 is 11.6 Å². The van der Waals surface area contributed by atoms with Crippen LogP contribution in [0.15, 0.2) is 42.5 Å². The van der Waals surface area contributed by atoms with Crippen LogP contribution < -0.4 is 10.6 Å². The minimum Gasteiger partial charge on any atom is -0.399 e. The third-order valence-electron chi connectivity index (χ3n) is 3.54. The molecule has 0 unspecified atom stereocenters. The lowest BCUT2D eigenvalue weighted by Gasteiger charge is -2.17. The number of anilines is 2. The van der Waals surface area contributed by atoms with E-state index in [2.05, 4.69) is 0 Å². The summed E-state index contributed by atoms with van der Waals surface area (Å²) in [5.74, 6) is 0.0933. The molecule has 1 aliphatic rings. The SMILES string of the molecule is Nc1ccc2c(c1)CCN2C(=O)Cc1cccc(Cl)c1. The molecule has 0 saturated heterocycles. The highest BCUT2D eigenvalue weighted by atomic mass is 35.5. The first kappa shape index (κ1) is 13.0. The van der Waals surface area contributed by atoms with Gasteiger partial charge in [-0.15, -0.1) is 0 Å². The monoisotopic (exact) mass is 286 g/mol. The van der Waals surface area contributed by atoms with Gasteiger partial charge in [0.1, 0.15) is 0 Å². The Hall–Kier alpha value is -2.00. The molecule has 0 saturated carbocycles. The van der Waals surface area contributed by atoms with Crippen LogP contribution in [0.1, 0.15) is 11.1 Å². The normalized spacial score (nSPS) is 13.3. The zero-order chi connectivity index (χ0) is 14.1. The molecule has 0 atom stereocenters. The van der Waals surface area contributed by atoms with Gasteiger partial charge in [-0.2, -0.15) is 0 Å². The number of nitrogens with two attached hydrogens (primary N) is 1. The standard InChI is InChI=1S/C16H15ClN2O/c17-13-3-1-2-11(8-13)9-16(20)19-7-6-12-10-14(18)4-5-15(12)19/h1-5,8,10H,6-7,9,18H2. The van der Waals surface area contributed by atoms with E-state index >= 15 is 0 Å². The van der Waals surface area contributed by atoms with E-state index in [4.69, 9.17) is 17.3 Å². The molecule has 2 aromatic carbocycles. The third kappa shape index (κ3) is 2.49. The van der Waals surface area contributed by atoms with Crippen molar-refractivity contribution in [2.75, 3.05) is 17.2 Å². The number of fused-ring (bicyclic) bond motifs is 1. The second-order valence-electron chi connectivity index (χ2n) is 4.99. The summed E-state index contributed by atoms with van der Waals surface area (Å²) in [7, 11) is 0. The molecular weight excluding hydrogens is 272 g/mol. The zero-order valence-corrected chi connectivity index (χ0v) is 11.7. The maximum atomic E-state index is 12.4. The van der Waals surface area contributed by atoms with E-state index in [9.17, 15) is 4.79 Å². The summed E-state index contributed by atoms with van der Waals surface area (Å²) >= 11 is 5.95. The Morgan fingerprint density at radius 1 is 1.25 bits per heavy atom. The molecule has 1 heterocycles. The Balaban J connectivity index is 1.80. The van der Waals surface area contributed by atoms with E-state index in [0.29, 0.717) is 11.4 Å². The van der Waals surface area contributed by atoms with Crippen molar-refractivity contribution in [2.24, 2.45) is 0 Å². The molecule has 0 fully saturated rings. The topological polar surface area (TPSA) is 46.3 Å². The fraction of sp³-hybridized carbons (Fsp3) is 0.188. The molecular formula is C16H15ClN2O. The van der Waals surface area contributed by atoms with E-state index in [-0.39, 0.29) is 5.91 Å². The summed E-state index contributed by atoms with van der Waals surface area (Å²) < 4.78 is 0. The van der Waals surface area contributed by atoms with Gasteiger partial charge in [0.15, 0.2) is 0 Å². The molecule has 3 rings (SSSR count). The van der Waals surface area contributed by atoms with Gasteiger partial charge in [0.05, 0.1) is 6.42 Å². The quantitative estimate of drug-likeness (QED) is 0.863. The minimum atomic E-state index is 0.0933. The number of benzene rings is 2. The third-order valence-corrected chi connectivity index (χ3v) is 3.78. The van der Waals surface area contributed by atoms with E-state index in [1.807, 2.05) is 47.4 Å². The van der Waals surface area contributed by atoms with E-state index in [1.54, 1.807) is 0 Å². The van der Waals surface area contributed by atoms with Gasteiger partial charge >= 0.3 is 0 Å². The smallest absolute Gasteiger partial charge is 0.231 e. The van der Waals surface area contributed by atoms with Gasteiger partial charge in [-0.25, -0.2) is 0 Å². The van der Waals surface area contributed by atoms with Crippen LogP contribution in [0.3, 0.4) is 0 Å². The molecule has 0 aromatic heterocycles. The van der Waals surface area contributed by atoms with E-state index in [0.717, 1.165) is 35.5 Å². The molecule has 1 aliphatic heterocycles. The summed E-state index contributed by atoms with van der Waals surface area (Å²) in [6.07, 6.45) is 1.23. The van der Waals surface area contributed by atoms with Crippen molar-refractivity contribution >= 4 is 28.9 Å². The fourth-order valence-corrected chi connectivity index (χ4v) is 2.81. The number of halogens is 1. The van der Waals surface area contributed by atoms with Gasteiger partial charge in [-0.05, 0) is 47.9 Å². The van der Waals surface area contributed by atoms with Gasteiger partial charge in [-0.3, -0.25) is 4.79 Å². The van der Waals surface area contributed by atoms with Crippen molar-refractivity contribution in [1.29, 1.82) is 0 Å². The van der Waals surface area contributed by atoms with E-state index < -0.39 is 0 Å². The average Bonchev–Trinajstić information content (AvgIpc) is 2.81. The molecule has 20 heavy (non-hydrogen) atoms. The van der Waals surface area contributed by atoms with Crippen LogP contribution in [0.4, 0.5) is 11.4 Å². The number of hydrogen-bond acceptors (Lipinski definition) is 2. The molecule has 0 spiro atoms. The summed E-state index contributed by atoms with van der Waals surface area (Å²) in [6.45, 7) is 0.720. The maximum Gasteiger partial charge on any atom is 0.231 e. The summed E-state index contributed by atoms with van der Waals surface area (Å²) in [5.41, 5.74) is 9.58. The lowest BCUT2D eigenvalue weighted by Crippen LogP contribution is -2.30. The Kier molecular flexibility index (Phi) is 3.36. The highest BCUT2D eigenvalue weighted by Crippen LogP contribution is 2.30. The molecule has 3 nitrogen and oxygen atoms in total. The van der Waals surface area contributed by atoms with Crippen LogP contribution in [-0.4, -0.2) is 12.5 Å². The van der Waals surface area contributed by atoms with Gasteiger partial charge < -0.3 is 10.6 Å². The lowest BCUT2D eigenvalue weighted by atomic mass is 10.1. The van der Waals surface area contributed by atoms with Crippen molar-refractivity contribution in [1.82, 2.24) is 0 Å².